The second-order valence-corrected chi connectivity index (χ2v) is 7.87. The molecule has 0 saturated heterocycles. The van der Waals surface area contributed by atoms with Crippen LogP contribution in [0.15, 0.2) is 58.8 Å². The van der Waals surface area contributed by atoms with Gasteiger partial charge in [-0.1, -0.05) is 42.0 Å². The van der Waals surface area contributed by atoms with Gasteiger partial charge in [-0.3, -0.25) is 0 Å². The zero-order chi connectivity index (χ0) is 17.6. The van der Waals surface area contributed by atoms with Crippen LogP contribution in [0.4, 0.5) is 0 Å². The lowest BCUT2D eigenvalue weighted by atomic mass is 10.1. The SMILES string of the molecule is CCO[C@H](C)c1ccc(SCc2csc(-c3ccc(C)cc3)n2)cc1. The minimum Gasteiger partial charge on any atom is -0.374 e. The van der Waals surface area contributed by atoms with Crippen molar-refractivity contribution in [3.05, 3.63) is 70.7 Å². The fourth-order valence-electron chi connectivity index (χ4n) is 2.54. The van der Waals surface area contributed by atoms with Gasteiger partial charge in [0.1, 0.15) is 5.01 Å². The Labute approximate surface area is 158 Å². The van der Waals surface area contributed by atoms with Crippen LogP contribution in [0.25, 0.3) is 10.6 Å². The van der Waals surface area contributed by atoms with Crippen LogP contribution in [0.3, 0.4) is 0 Å². The Kier molecular flexibility index (Phi) is 6.29. The molecule has 0 unspecified atom stereocenters. The lowest BCUT2D eigenvalue weighted by Gasteiger charge is -2.12. The number of thioether (sulfide) groups is 1. The van der Waals surface area contributed by atoms with E-state index in [2.05, 4.69) is 67.8 Å². The molecule has 0 amide bonds. The Morgan fingerprint density at radius 3 is 2.48 bits per heavy atom. The van der Waals surface area contributed by atoms with Gasteiger partial charge in [0.15, 0.2) is 0 Å². The fourth-order valence-corrected chi connectivity index (χ4v) is 4.26. The lowest BCUT2D eigenvalue weighted by molar-refractivity contribution is 0.0764. The van der Waals surface area contributed by atoms with E-state index in [0.29, 0.717) is 0 Å². The molecular weight excluding hydrogens is 346 g/mol. The van der Waals surface area contributed by atoms with Gasteiger partial charge in [0.2, 0.25) is 0 Å². The van der Waals surface area contributed by atoms with Gasteiger partial charge < -0.3 is 4.74 Å². The molecule has 0 aliphatic rings. The Bertz CT molecular complexity index is 794. The second-order valence-electron chi connectivity index (χ2n) is 5.97. The molecule has 0 N–H and O–H groups in total. The van der Waals surface area contributed by atoms with Crippen molar-refractivity contribution in [2.75, 3.05) is 6.61 Å². The van der Waals surface area contributed by atoms with Crippen LogP contribution in [-0.4, -0.2) is 11.6 Å². The lowest BCUT2D eigenvalue weighted by Crippen LogP contribution is -1.98. The van der Waals surface area contributed by atoms with E-state index in [9.17, 15) is 0 Å². The van der Waals surface area contributed by atoms with Crippen LogP contribution < -0.4 is 0 Å². The van der Waals surface area contributed by atoms with Crippen LogP contribution in [0.2, 0.25) is 0 Å². The van der Waals surface area contributed by atoms with Crippen molar-refractivity contribution in [2.45, 2.75) is 37.5 Å². The summed E-state index contributed by atoms with van der Waals surface area (Å²) in [6.45, 7) is 6.96. The van der Waals surface area contributed by atoms with Gasteiger partial charge in [-0.25, -0.2) is 4.98 Å². The maximum Gasteiger partial charge on any atom is 0.123 e. The molecule has 2 aromatic carbocycles. The van der Waals surface area contributed by atoms with Gasteiger partial charge in [-0.15, -0.1) is 23.1 Å². The van der Waals surface area contributed by atoms with E-state index in [1.54, 1.807) is 11.3 Å². The molecule has 0 bridgehead atoms. The maximum absolute atomic E-state index is 5.63. The summed E-state index contributed by atoms with van der Waals surface area (Å²) in [5.41, 5.74) is 4.83. The highest BCUT2D eigenvalue weighted by Gasteiger charge is 2.07. The molecule has 0 radical (unpaired) electrons. The number of aryl methyl sites for hydroxylation is 1. The molecule has 0 fully saturated rings. The van der Waals surface area contributed by atoms with Crippen LogP contribution >= 0.6 is 23.1 Å². The molecule has 0 saturated carbocycles. The van der Waals surface area contributed by atoms with Crippen molar-refractivity contribution in [1.29, 1.82) is 0 Å². The number of thiazole rings is 1. The number of aromatic nitrogens is 1. The quantitative estimate of drug-likeness (QED) is 0.443. The molecule has 3 aromatic rings. The first-order chi connectivity index (χ1) is 12.2. The van der Waals surface area contributed by atoms with Crippen molar-refractivity contribution in [3.8, 4) is 10.6 Å². The molecule has 0 aliphatic carbocycles. The van der Waals surface area contributed by atoms with Crippen molar-refractivity contribution in [3.63, 3.8) is 0 Å². The number of nitrogens with zero attached hydrogens (tertiary/aromatic N) is 1. The van der Waals surface area contributed by atoms with Crippen molar-refractivity contribution in [2.24, 2.45) is 0 Å². The topological polar surface area (TPSA) is 22.1 Å². The molecule has 0 aliphatic heterocycles. The number of hydrogen-bond donors (Lipinski definition) is 0. The molecule has 0 spiro atoms. The molecule has 1 aromatic heterocycles. The highest BCUT2D eigenvalue weighted by Crippen LogP contribution is 2.29. The first-order valence-corrected chi connectivity index (χ1v) is 10.4. The maximum atomic E-state index is 5.63. The van der Waals surface area contributed by atoms with E-state index in [1.165, 1.54) is 21.6 Å². The van der Waals surface area contributed by atoms with E-state index >= 15 is 0 Å². The molecule has 25 heavy (non-hydrogen) atoms. The highest BCUT2D eigenvalue weighted by atomic mass is 32.2. The molecule has 2 nitrogen and oxygen atoms in total. The van der Waals surface area contributed by atoms with Crippen LogP contribution in [0.1, 0.15) is 36.8 Å². The normalized spacial score (nSPS) is 12.3. The van der Waals surface area contributed by atoms with Gasteiger partial charge in [-0.05, 0) is 38.5 Å². The predicted octanol–water partition coefficient (Wildman–Crippen LogP) is 6.51. The minimum absolute atomic E-state index is 0.152. The molecule has 1 heterocycles. The average Bonchev–Trinajstić information content (AvgIpc) is 3.10. The number of benzene rings is 2. The summed E-state index contributed by atoms with van der Waals surface area (Å²) >= 11 is 3.54. The van der Waals surface area contributed by atoms with Crippen molar-refractivity contribution >= 4 is 23.1 Å². The minimum atomic E-state index is 0.152. The molecule has 3 rings (SSSR count). The molecule has 4 heteroatoms. The molecule has 130 valence electrons. The summed E-state index contributed by atoms with van der Waals surface area (Å²) in [5.74, 6) is 0.892. The van der Waals surface area contributed by atoms with E-state index in [-0.39, 0.29) is 6.10 Å². The molecular formula is C21H23NOS2. The van der Waals surface area contributed by atoms with Crippen molar-refractivity contribution < 1.29 is 4.74 Å². The Balaban J connectivity index is 1.59. The van der Waals surface area contributed by atoms with E-state index in [4.69, 9.17) is 9.72 Å². The van der Waals surface area contributed by atoms with E-state index < -0.39 is 0 Å². The van der Waals surface area contributed by atoms with Crippen molar-refractivity contribution in [1.82, 2.24) is 4.98 Å². The Hall–Kier alpha value is -1.62. The average molecular weight is 370 g/mol. The Morgan fingerprint density at radius 1 is 1.08 bits per heavy atom. The van der Waals surface area contributed by atoms with Gasteiger partial charge in [0, 0.05) is 28.2 Å². The third kappa shape index (κ3) is 4.94. The number of ether oxygens (including phenoxy) is 1. The first kappa shape index (κ1) is 18.2. The summed E-state index contributed by atoms with van der Waals surface area (Å²) in [7, 11) is 0. The Morgan fingerprint density at radius 2 is 1.80 bits per heavy atom. The summed E-state index contributed by atoms with van der Waals surface area (Å²) < 4.78 is 5.63. The third-order valence-corrected chi connectivity index (χ3v) is 5.99. The third-order valence-electron chi connectivity index (χ3n) is 4.00. The van der Waals surface area contributed by atoms with Gasteiger partial charge in [0.05, 0.1) is 11.8 Å². The number of rotatable bonds is 7. The largest absolute Gasteiger partial charge is 0.374 e. The molecule has 1 atom stereocenters. The van der Waals surface area contributed by atoms with E-state index in [1.807, 2.05) is 18.7 Å². The standard InChI is InChI=1S/C21H23NOS2/c1-4-23-16(3)17-9-11-20(12-10-17)24-13-19-14-25-21(22-19)18-7-5-15(2)6-8-18/h5-12,14,16H,4,13H2,1-3H3/t16-/m1/s1. The van der Waals surface area contributed by atoms with Gasteiger partial charge >= 0.3 is 0 Å². The van der Waals surface area contributed by atoms with Gasteiger partial charge in [0.25, 0.3) is 0 Å². The summed E-state index contributed by atoms with van der Waals surface area (Å²) in [4.78, 5) is 6.03. The highest BCUT2D eigenvalue weighted by molar-refractivity contribution is 7.98. The first-order valence-electron chi connectivity index (χ1n) is 8.51. The fraction of sp³-hybridized carbons (Fsp3) is 0.286. The van der Waals surface area contributed by atoms with Crippen LogP contribution in [0.5, 0.6) is 0 Å². The second kappa shape index (κ2) is 8.65. The smallest absolute Gasteiger partial charge is 0.123 e. The zero-order valence-corrected chi connectivity index (χ0v) is 16.5. The van der Waals surface area contributed by atoms with Gasteiger partial charge in [-0.2, -0.15) is 0 Å². The summed E-state index contributed by atoms with van der Waals surface area (Å²) in [5, 5.41) is 3.25. The van der Waals surface area contributed by atoms with Crippen LogP contribution in [-0.2, 0) is 10.5 Å². The predicted molar refractivity (Wildman–Crippen MR) is 108 cm³/mol. The van der Waals surface area contributed by atoms with Crippen LogP contribution in [0, 0.1) is 6.92 Å². The summed E-state index contributed by atoms with van der Waals surface area (Å²) in [6, 6.07) is 17.2. The van der Waals surface area contributed by atoms with E-state index in [0.717, 1.165) is 23.1 Å². The summed E-state index contributed by atoms with van der Waals surface area (Å²) in [6.07, 6.45) is 0.152. The monoisotopic (exact) mass is 369 g/mol. The zero-order valence-electron chi connectivity index (χ0n) is 14.9. The number of hydrogen-bond acceptors (Lipinski definition) is 4.